The topological polar surface area (TPSA) is 237 Å². The zero-order valence-corrected chi connectivity index (χ0v) is 65.5. The summed E-state index contributed by atoms with van der Waals surface area (Å²) < 4.78 is 68.6. The van der Waals surface area contributed by atoms with Crippen LogP contribution in [0.25, 0.3) is 0 Å². The van der Waals surface area contributed by atoms with Gasteiger partial charge in [-0.05, 0) is 49.4 Å². The van der Waals surface area contributed by atoms with E-state index in [-0.39, 0.29) is 25.7 Å². The number of hydrogen-bond acceptors (Lipinski definition) is 15. The molecule has 0 spiro atoms. The first kappa shape index (κ1) is 95.1. The molecule has 19 heteroatoms. The van der Waals surface area contributed by atoms with E-state index in [0.29, 0.717) is 25.7 Å². The van der Waals surface area contributed by atoms with Crippen LogP contribution in [-0.4, -0.2) is 96.7 Å². The summed E-state index contributed by atoms with van der Waals surface area (Å²) in [6.07, 6.45) is 52.6. The second-order valence-corrected chi connectivity index (χ2v) is 32.9. The van der Waals surface area contributed by atoms with Gasteiger partial charge >= 0.3 is 39.5 Å². The van der Waals surface area contributed by atoms with Crippen molar-refractivity contribution in [3.8, 4) is 0 Å². The van der Waals surface area contributed by atoms with Gasteiger partial charge in [-0.25, -0.2) is 9.13 Å². The predicted molar refractivity (Wildman–Crippen MR) is 395 cm³/mol. The van der Waals surface area contributed by atoms with Crippen LogP contribution >= 0.6 is 15.6 Å². The van der Waals surface area contributed by atoms with Crippen molar-refractivity contribution in [1.29, 1.82) is 0 Å². The first-order chi connectivity index (χ1) is 46.6. The molecule has 0 bridgehead atoms. The summed E-state index contributed by atoms with van der Waals surface area (Å²) >= 11 is 0. The van der Waals surface area contributed by atoms with Crippen LogP contribution < -0.4 is 0 Å². The van der Waals surface area contributed by atoms with E-state index < -0.39 is 97.5 Å². The molecule has 576 valence electrons. The van der Waals surface area contributed by atoms with Crippen molar-refractivity contribution in [2.24, 2.45) is 23.7 Å². The lowest BCUT2D eigenvalue weighted by Crippen LogP contribution is -2.30. The number of carbonyl (C=O) groups excluding carboxylic acids is 4. The number of aliphatic hydroxyl groups is 1. The minimum atomic E-state index is -4.96. The number of esters is 4. The Morgan fingerprint density at radius 3 is 0.639 bits per heavy atom. The van der Waals surface area contributed by atoms with E-state index in [1.165, 1.54) is 199 Å². The second-order valence-electron chi connectivity index (χ2n) is 30.0. The maximum absolute atomic E-state index is 13.1. The number of carbonyl (C=O) groups is 4. The Bertz CT molecular complexity index is 1900. The van der Waals surface area contributed by atoms with Crippen LogP contribution in [0.4, 0.5) is 0 Å². The molecular weight excluding hydrogens is 1270 g/mol. The van der Waals surface area contributed by atoms with Crippen molar-refractivity contribution in [3.63, 3.8) is 0 Å². The quantitative estimate of drug-likeness (QED) is 0.0222. The molecule has 0 rings (SSSR count). The average Bonchev–Trinajstić information content (AvgIpc) is 1.52. The highest BCUT2D eigenvalue weighted by Gasteiger charge is 2.30. The highest BCUT2D eigenvalue weighted by atomic mass is 31.2. The Kier molecular flexibility index (Phi) is 65.9. The van der Waals surface area contributed by atoms with Crippen LogP contribution in [0.1, 0.15) is 396 Å². The van der Waals surface area contributed by atoms with E-state index in [9.17, 15) is 43.2 Å². The molecule has 0 aliphatic carbocycles. The number of aliphatic hydroxyl groups excluding tert-OH is 1. The summed E-state index contributed by atoms with van der Waals surface area (Å²) in [5.74, 6) is 0.956. The molecule has 0 saturated carbocycles. The first-order valence-corrected chi connectivity index (χ1v) is 43.2. The number of unbranched alkanes of at least 4 members (excludes halogenated alkanes) is 41. The molecule has 0 aromatic rings. The summed E-state index contributed by atoms with van der Waals surface area (Å²) in [5.41, 5.74) is 0. The van der Waals surface area contributed by atoms with Gasteiger partial charge in [0.15, 0.2) is 12.2 Å². The molecule has 0 aromatic heterocycles. The third kappa shape index (κ3) is 72.2. The van der Waals surface area contributed by atoms with Gasteiger partial charge in [0.25, 0.3) is 0 Å². The third-order valence-electron chi connectivity index (χ3n) is 18.1. The third-order valence-corrected chi connectivity index (χ3v) is 20.0. The Hall–Kier alpha value is -1.94. The molecule has 0 amide bonds. The number of phosphoric acid groups is 2. The molecule has 97 heavy (non-hydrogen) atoms. The average molecular weight is 1420 g/mol. The zero-order valence-electron chi connectivity index (χ0n) is 63.7. The van der Waals surface area contributed by atoms with Gasteiger partial charge in [-0.2, -0.15) is 0 Å². The van der Waals surface area contributed by atoms with Gasteiger partial charge in [-0.15, -0.1) is 0 Å². The van der Waals surface area contributed by atoms with E-state index in [4.69, 9.17) is 37.0 Å². The molecule has 0 aliphatic heterocycles. The maximum Gasteiger partial charge on any atom is 0.472 e. The summed E-state index contributed by atoms with van der Waals surface area (Å²) in [7, 11) is -9.92. The highest BCUT2D eigenvalue weighted by Crippen LogP contribution is 2.45. The molecule has 0 aliphatic rings. The van der Waals surface area contributed by atoms with Gasteiger partial charge in [0.2, 0.25) is 0 Å². The fourth-order valence-corrected chi connectivity index (χ4v) is 13.5. The van der Waals surface area contributed by atoms with E-state index in [1.54, 1.807) is 0 Å². The van der Waals surface area contributed by atoms with Crippen LogP contribution in [0.3, 0.4) is 0 Å². The fourth-order valence-electron chi connectivity index (χ4n) is 11.9. The van der Waals surface area contributed by atoms with Gasteiger partial charge in [0.05, 0.1) is 26.4 Å². The predicted octanol–water partition coefficient (Wildman–Crippen LogP) is 22.8. The zero-order chi connectivity index (χ0) is 71.7. The minimum absolute atomic E-state index is 0.105. The lowest BCUT2D eigenvalue weighted by Gasteiger charge is -2.21. The Balaban J connectivity index is 5.27. The molecule has 0 aromatic carbocycles. The standard InChI is InChI=1S/C78H152O17P2/c1-68(2)54-46-38-30-22-15-11-9-10-12-18-27-36-44-52-60-77(82)94-73(64-88-75(80)58-50-42-34-26-17-14-13-16-23-31-39-47-55-69(3)4)66-92-96(84,85)90-62-72(79)63-91-97(86,87)93-67-74(65-89-76(81)59-51-43-35-29-21-25-33-41-49-57-71(7)8)95-78(83)61-53-45-37-28-20-19-24-32-40-48-56-70(5)6/h68-74,79H,9-67H2,1-8H3,(H,84,85)(H,86,87)/t72-,73-,74-/m1/s1. The van der Waals surface area contributed by atoms with Gasteiger partial charge in [-0.1, -0.05) is 344 Å². The highest BCUT2D eigenvalue weighted by molar-refractivity contribution is 7.47. The summed E-state index contributed by atoms with van der Waals surface area (Å²) in [5, 5.41) is 10.6. The largest absolute Gasteiger partial charge is 0.472 e. The fraction of sp³-hybridized carbons (Fsp3) is 0.949. The summed E-state index contributed by atoms with van der Waals surface area (Å²) in [6, 6.07) is 0. The minimum Gasteiger partial charge on any atom is -0.462 e. The molecule has 0 heterocycles. The Labute approximate surface area is 594 Å². The lowest BCUT2D eigenvalue weighted by atomic mass is 10.0. The molecule has 0 saturated heterocycles. The van der Waals surface area contributed by atoms with Crippen molar-refractivity contribution in [2.75, 3.05) is 39.6 Å². The number of hydrogen-bond donors (Lipinski definition) is 3. The molecule has 2 unspecified atom stereocenters. The lowest BCUT2D eigenvalue weighted by molar-refractivity contribution is -0.161. The van der Waals surface area contributed by atoms with Crippen molar-refractivity contribution < 1.29 is 80.2 Å². The molecular formula is C78H152O17P2. The van der Waals surface area contributed by atoms with E-state index in [0.717, 1.165) is 114 Å². The monoisotopic (exact) mass is 1420 g/mol. The van der Waals surface area contributed by atoms with Crippen LogP contribution in [0, 0.1) is 23.7 Å². The van der Waals surface area contributed by atoms with Gasteiger partial charge in [0.1, 0.15) is 19.3 Å². The van der Waals surface area contributed by atoms with Gasteiger partial charge in [-0.3, -0.25) is 37.3 Å². The van der Waals surface area contributed by atoms with E-state index in [1.807, 2.05) is 0 Å². The Morgan fingerprint density at radius 2 is 0.433 bits per heavy atom. The van der Waals surface area contributed by atoms with Crippen molar-refractivity contribution in [1.82, 2.24) is 0 Å². The van der Waals surface area contributed by atoms with Crippen molar-refractivity contribution in [3.05, 3.63) is 0 Å². The van der Waals surface area contributed by atoms with Crippen LogP contribution in [0.2, 0.25) is 0 Å². The first-order valence-electron chi connectivity index (χ1n) is 40.2. The molecule has 3 N–H and O–H groups in total. The molecule has 5 atom stereocenters. The van der Waals surface area contributed by atoms with Crippen LogP contribution in [0.5, 0.6) is 0 Å². The smallest absolute Gasteiger partial charge is 0.462 e. The van der Waals surface area contributed by atoms with Gasteiger partial charge in [0, 0.05) is 25.7 Å². The Morgan fingerprint density at radius 1 is 0.258 bits per heavy atom. The van der Waals surface area contributed by atoms with E-state index in [2.05, 4.69) is 55.4 Å². The van der Waals surface area contributed by atoms with Crippen LogP contribution in [-0.2, 0) is 65.4 Å². The number of ether oxygens (including phenoxy) is 4. The number of rotatable bonds is 75. The molecule has 0 fully saturated rings. The van der Waals surface area contributed by atoms with Crippen molar-refractivity contribution in [2.45, 2.75) is 414 Å². The normalized spacial score (nSPS) is 14.1. The number of phosphoric ester groups is 2. The molecule has 0 radical (unpaired) electrons. The SMILES string of the molecule is CC(C)CCCCCCCCCCCCCCCCC(=O)O[C@H](COC(=O)CCCCCCCCCCCCCCC(C)C)COP(=O)(O)OC[C@@H](O)COP(=O)(O)OC[C@@H](COC(=O)CCCCCCCCCCCC(C)C)OC(=O)CCCCCCCCCCCCC(C)C. The molecule has 17 nitrogen and oxygen atoms in total. The van der Waals surface area contributed by atoms with E-state index >= 15 is 0 Å². The summed E-state index contributed by atoms with van der Waals surface area (Å²) in [4.78, 5) is 72.9. The van der Waals surface area contributed by atoms with Crippen LogP contribution in [0.15, 0.2) is 0 Å². The van der Waals surface area contributed by atoms with Gasteiger partial charge < -0.3 is 33.8 Å². The summed E-state index contributed by atoms with van der Waals surface area (Å²) in [6.45, 7) is 14.2. The maximum atomic E-state index is 13.1. The van der Waals surface area contributed by atoms with Crippen molar-refractivity contribution >= 4 is 39.5 Å². The second kappa shape index (κ2) is 67.2.